The van der Waals surface area contributed by atoms with Crippen LogP contribution in [0.2, 0.25) is 0 Å². The normalized spacial score (nSPS) is 18.4. The van der Waals surface area contributed by atoms with Gasteiger partial charge < -0.3 is 15.0 Å². The number of piperidine rings is 1. The summed E-state index contributed by atoms with van der Waals surface area (Å²) >= 11 is 0. The highest BCUT2D eigenvalue weighted by molar-refractivity contribution is 5.99. The standard InChI is InChI=1S/C30H30FN3O4/c1-21-8-5-6-13-25(21)29(37)34-26(27(35)32-19-22-9-3-2-4-10-22)20-38-30(34)14-16-33(17-15-30)28(36)23-11-7-12-24(31)18-23/h2-13,18,26H,14-17,19-20H2,1H3,(H,32,35). The molecule has 38 heavy (non-hydrogen) atoms. The minimum absolute atomic E-state index is 0.0656. The Labute approximate surface area is 221 Å². The van der Waals surface area contributed by atoms with Crippen molar-refractivity contribution in [3.05, 3.63) is 107 Å². The van der Waals surface area contributed by atoms with Crippen molar-refractivity contribution in [1.29, 1.82) is 0 Å². The molecule has 2 saturated heterocycles. The van der Waals surface area contributed by atoms with E-state index in [9.17, 15) is 18.8 Å². The van der Waals surface area contributed by atoms with E-state index in [2.05, 4.69) is 5.32 Å². The van der Waals surface area contributed by atoms with Gasteiger partial charge >= 0.3 is 0 Å². The van der Waals surface area contributed by atoms with Gasteiger partial charge in [0.2, 0.25) is 5.91 Å². The van der Waals surface area contributed by atoms with Crippen molar-refractivity contribution in [2.24, 2.45) is 0 Å². The minimum atomic E-state index is -1.02. The van der Waals surface area contributed by atoms with Crippen LogP contribution in [0.5, 0.6) is 0 Å². The zero-order valence-electron chi connectivity index (χ0n) is 21.2. The molecule has 0 aromatic heterocycles. The molecule has 8 heteroatoms. The van der Waals surface area contributed by atoms with Gasteiger partial charge in [0.25, 0.3) is 11.8 Å². The van der Waals surface area contributed by atoms with Gasteiger partial charge in [0, 0.05) is 43.6 Å². The molecule has 0 saturated carbocycles. The molecule has 7 nitrogen and oxygen atoms in total. The Morgan fingerprint density at radius 3 is 2.37 bits per heavy atom. The van der Waals surface area contributed by atoms with Crippen LogP contribution in [0.15, 0.2) is 78.9 Å². The van der Waals surface area contributed by atoms with Crippen LogP contribution in [0.25, 0.3) is 0 Å². The number of hydrogen-bond acceptors (Lipinski definition) is 4. The monoisotopic (exact) mass is 515 g/mol. The highest BCUT2D eigenvalue weighted by Crippen LogP contribution is 2.39. The summed E-state index contributed by atoms with van der Waals surface area (Å²) in [6.45, 7) is 2.89. The fraction of sp³-hybridized carbons (Fsp3) is 0.300. The number of benzene rings is 3. The largest absolute Gasteiger partial charge is 0.353 e. The molecule has 196 valence electrons. The maximum atomic E-state index is 13.9. The summed E-state index contributed by atoms with van der Waals surface area (Å²) in [5.74, 6) is -1.30. The third-order valence-corrected chi connectivity index (χ3v) is 7.37. The first-order valence-electron chi connectivity index (χ1n) is 12.8. The van der Waals surface area contributed by atoms with Crippen LogP contribution in [-0.2, 0) is 16.1 Å². The Balaban J connectivity index is 1.37. The topological polar surface area (TPSA) is 79.0 Å². The number of halogens is 1. The third-order valence-electron chi connectivity index (χ3n) is 7.37. The summed E-state index contributed by atoms with van der Waals surface area (Å²) in [6.07, 6.45) is 0.683. The first-order valence-corrected chi connectivity index (χ1v) is 12.8. The number of aryl methyl sites for hydroxylation is 1. The number of hydrogen-bond donors (Lipinski definition) is 1. The third kappa shape index (κ3) is 5.04. The van der Waals surface area contributed by atoms with Gasteiger partial charge in [-0.3, -0.25) is 19.3 Å². The average molecular weight is 516 g/mol. The molecule has 5 rings (SSSR count). The first kappa shape index (κ1) is 25.6. The molecule has 1 unspecified atom stereocenters. The van der Waals surface area contributed by atoms with Crippen LogP contribution in [-0.4, -0.2) is 59.0 Å². The molecule has 3 amide bonds. The SMILES string of the molecule is Cc1ccccc1C(=O)N1C(C(=O)NCc2ccccc2)COC12CCN(C(=O)c1cccc(F)c1)CC2. The van der Waals surface area contributed by atoms with E-state index in [1.165, 1.54) is 18.2 Å². The van der Waals surface area contributed by atoms with Gasteiger partial charge in [-0.1, -0.05) is 54.6 Å². The van der Waals surface area contributed by atoms with Crippen molar-refractivity contribution < 1.29 is 23.5 Å². The van der Waals surface area contributed by atoms with Crippen LogP contribution in [0.3, 0.4) is 0 Å². The minimum Gasteiger partial charge on any atom is -0.353 e. The van der Waals surface area contributed by atoms with Crippen molar-refractivity contribution in [2.75, 3.05) is 19.7 Å². The quantitative estimate of drug-likeness (QED) is 0.559. The van der Waals surface area contributed by atoms with Gasteiger partial charge in [-0.05, 0) is 42.3 Å². The molecule has 2 aliphatic heterocycles. The Bertz CT molecular complexity index is 1340. The number of carbonyl (C=O) groups excluding carboxylic acids is 3. The van der Waals surface area contributed by atoms with Gasteiger partial charge in [0.1, 0.15) is 17.6 Å². The molecule has 2 aliphatic rings. The molecule has 2 fully saturated rings. The lowest BCUT2D eigenvalue weighted by molar-refractivity contribution is -0.128. The Kier molecular flexibility index (Phi) is 7.24. The lowest BCUT2D eigenvalue weighted by Crippen LogP contribution is -2.59. The second-order valence-corrected chi connectivity index (χ2v) is 9.77. The lowest BCUT2D eigenvalue weighted by atomic mass is 9.95. The first-order chi connectivity index (χ1) is 18.4. The summed E-state index contributed by atoms with van der Waals surface area (Å²) < 4.78 is 19.9. The van der Waals surface area contributed by atoms with E-state index < -0.39 is 17.6 Å². The van der Waals surface area contributed by atoms with Crippen molar-refractivity contribution in [3.8, 4) is 0 Å². The summed E-state index contributed by atoms with van der Waals surface area (Å²) in [5.41, 5.74) is 1.53. The fourth-order valence-corrected chi connectivity index (χ4v) is 5.28. The van der Waals surface area contributed by atoms with E-state index in [1.807, 2.05) is 49.4 Å². The Morgan fingerprint density at radius 1 is 0.947 bits per heavy atom. The number of nitrogens with zero attached hydrogens (tertiary/aromatic N) is 2. The molecule has 3 aromatic carbocycles. The van der Waals surface area contributed by atoms with Crippen LogP contribution < -0.4 is 5.32 Å². The molecule has 3 aromatic rings. The highest BCUT2D eigenvalue weighted by atomic mass is 19.1. The van der Waals surface area contributed by atoms with Gasteiger partial charge in [0.05, 0.1) is 6.61 Å². The second-order valence-electron chi connectivity index (χ2n) is 9.77. The van der Waals surface area contributed by atoms with E-state index in [0.29, 0.717) is 38.0 Å². The van der Waals surface area contributed by atoms with E-state index in [0.717, 1.165) is 11.1 Å². The van der Waals surface area contributed by atoms with E-state index in [1.54, 1.807) is 28.0 Å². The number of ether oxygens (including phenoxy) is 1. The average Bonchev–Trinajstić information content (AvgIpc) is 3.30. The van der Waals surface area contributed by atoms with Crippen LogP contribution in [0.4, 0.5) is 4.39 Å². The maximum Gasteiger partial charge on any atom is 0.257 e. The van der Waals surface area contributed by atoms with Crippen molar-refractivity contribution in [2.45, 2.75) is 38.1 Å². The van der Waals surface area contributed by atoms with E-state index in [4.69, 9.17) is 4.74 Å². The molecule has 0 aliphatic carbocycles. The zero-order valence-corrected chi connectivity index (χ0v) is 21.2. The Morgan fingerprint density at radius 2 is 1.66 bits per heavy atom. The number of carbonyl (C=O) groups is 3. The molecular weight excluding hydrogens is 485 g/mol. The molecule has 0 bridgehead atoms. The van der Waals surface area contributed by atoms with Crippen LogP contribution >= 0.6 is 0 Å². The van der Waals surface area contributed by atoms with Crippen molar-refractivity contribution >= 4 is 17.7 Å². The Hall–Kier alpha value is -4.04. The lowest BCUT2D eigenvalue weighted by Gasteiger charge is -2.44. The molecule has 0 radical (unpaired) electrons. The number of likely N-dealkylation sites (tertiary alicyclic amines) is 1. The highest BCUT2D eigenvalue weighted by Gasteiger charge is 2.54. The van der Waals surface area contributed by atoms with Crippen LogP contribution in [0, 0.1) is 12.7 Å². The number of amides is 3. The van der Waals surface area contributed by atoms with Crippen molar-refractivity contribution in [3.63, 3.8) is 0 Å². The summed E-state index contributed by atoms with van der Waals surface area (Å²) in [6, 6.07) is 21.7. The summed E-state index contributed by atoms with van der Waals surface area (Å²) in [4.78, 5) is 43.6. The van der Waals surface area contributed by atoms with Gasteiger partial charge in [-0.25, -0.2) is 4.39 Å². The van der Waals surface area contributed by atoms with Gasteiger partial charge in [0.15, 0.2) is 0 Å². The molecular formula is C30H30FN3O4. The predicted molar refractivity (Wildman–Crippen MR) is 140 cm³/mol. The number of nitrogens with one attached hydrogen (secondary N) is 1. The zero-order chi connectivity index (χ0) is 26.7. The molecule has 1 spiro atoms. The maximum absolute atomic E-state index is 13.9. The van der Waals surface area contributed by atoms with E-state index >= 15 is 0 Å². The molecule has 2 heterocycles. The number of rotatable bonds is 5. The van der Waals surface area contributed by atoms with Gasteiger partial charge in [-0.15, -0.1) is 0 Å². The smallest absolute Gasteiger partial charge is 0.257 e. The van der Waals surface area contributed by atoms with Crippen LogP contribution in [0.1, 0.15) is 44.7 Å². The fourth-order valence-electron chi connectivity index (χ4n) is 5.28. The van der Waals surface area contributed by atoms with E-state index in [-0.39, 0.29) is 29.9 Å². The summed E-state index contributed by atoms with van der Waals surface area (Å²) in [5, 5.41) is 2.95. The molecule has 1 N–H and O–H groups in total. The summed E-state index contributed by atoms with van der Waals surface area (Å²) in [7, 11) is 0. The van der Waals surface area contributed by atoms with Crippen molar-refractivity contribution in [1.82, 2.24) is 15.1 Å². The van der Waals surface area contributed by atoms with Gasteiger partial charge in [-0.2, -0.15) is 0 Å². The predicted octanol–water partition coefficient (Wildman–Crippen LogP) is 3.92. The second kappa shape index (κ2) is 10.8. The molecule has 1 atom stereocenters.